The molecule has 84 valence electrons. The van der Waals surface area contributed by atoms with Gasteiger partial charge in [-0.3, -0.25) is 4.79 Å². The fourth-order valence-corrected chi connectivity index (χ4v) is 0.646. The third-order valence-electron chi connectivity index (χ3n) is 2.17. The third kappa shape index (κ3) is 3.25. The van der Waals surface area contributed by atoms with Crippen molar-refractivity contribution in [2.24, 2.45) is 0 Å². The van der Waals surface area contributed by atoms with E-state index in [-0.39, 0.29) is 19.1 Å². The van der Waals surface area contributed by atoms with E-state index in [1.54, 1.807) is 20.8 Å². The molecule has 0 heterocycles. The Labute approximate surface area is 84.1 Å². The molecule has 14 heavy (non-hydrogen) atoms. The van der Waals surface area contributed by atoms with Gasteiger partial charge in [-0.25, -0.2) is 0 Å². The number of aliphatic hydroxyl groups is 2. The summed E-state index contributed by atoms with van der Waals surface area (Å²) in [5.41, 5.74) is -1.97. The summed E-state index contributed by atoms with van der Waals surface area (Å²) in [5, 5.41) is 20.4. The quantitative estimate of drug-likeness (QED) is 0.553. The Bertz CT molecular complexity index is 199. The Hall–Kier alpha value is -0.650. The minimum Gasteiger partial charge on any atom is -0.394 e. The molecule has 0 saturated carbocycles. The van der Waals surface area contributed by atoms with Crippen molar-refractivity contribution in [3.05, 3.63) is 0 Å². The van der Waals surface area contributed by atoms with Gasteiger partial charge in [-0.15, -0.1) is 0 Å². The van der Waals surface area contributed by atoms with Crippen LogP contribution in [0.1, 0.15) is 20.8 Å². The lowest BCUT2D eigenvalue weighted by Gasteiger charge is -2.31. The van der Waals surface area contributed by atoms with E-state index >= 15 is 0 Å². The van der Waals surface area contributed by atoms with E-state index in [4.69, 9.17) is 14.9 Å². The summed E-state index contributed by atoms with van der Waals surface area (Å²) in [7, 11) is 1.43. The molecule has 0 aliphatic heterocycles. The number of ether oxygens (including phenoxy) is 1. The summed E-state index contributed by atoms with van der Waals surface area (Å²) >= 11 is 0. The molecule has 3 N–H and O–H groups in total. The molecule has 0 aromatic heterocycles. The predicted octanol–water partition coefficient (Wildman–Crippen LogP) is -0.729. The predicted molar refractivity (Wildman–Crippen MR) is 51.8 cm³/mol. The molecule has 0 aromatic rings. The van der Waals surface area contributed by atoms with E-state index in [2.05, 4.69) is 5.32 Å². The van der Waals surface area contributed by atoms with Crippen LogP contribution in [0.25, 0.3) is 0 Å². The van der Waals surface area contributed by atoms with E-state index in [0.717, 1.165) is 0 Å². The molecule has 0 saturated heterocycles. The van der Waals surface area contributed by atoms with Gasteiger partial charge < -0.3 is 20.3 Å². The first-order valence-electron chi connectivity index (χ1n) is 4.41. The Morgan fingerprint density at radius 3 is 2.00 bits per heavy atom. The average molecular weight is 205 g/mol. The van der Waals surface area contributed by atoms with Crippen LogP contribution in [-0.2, 0) is 9.53 Å². The zero-order valence-corrected chi connectivity index (χ0v) is 9.13. The highest BCUT2D eigenvalue weighted by molar-refractivity contribution is 5.84. The summed E-state index contributed by atoms with van der Waals surface area (Å²) in [6.07, 6.45) is 0. The third-order valence-corrected chi connectivity index (χ3v) is 2.17. The standard InChI is InChI=1S/C9H19NO4/c1-8(2,14-4)7(13)10-9(3,5-11)6-12/h11-12H,5-6H2,1-4H3,(H,10,13). The van der Waals surface area contributed by atoms with Crippen LogP contribution in [-0.4, -0.2) is 47.6 Å². The molecule has 0 spiro atoms. The molecule has 0 radical (unpaired) electrons. The first kappa shape index (κ1) is 13.4. The number of rotatable bonds is 5. The lowest BCUT2D eigenvalue weighted by molar-refractivity contribution is -0.142. The van der Waals surface area contributed by atoms with E-state index in [0.29, 0.717) is 0 Å². The van der Waals surface area contributed by atoms with Crippen molar-refractivity contribution >= 4 is 5.91 Å². The number of amides is 1. The number of carbonyl (C=O) groups is 1. The van der Waals surface area contributed by atoms with Crippen LogP contribution in [0.3, 0.4) is 0 Å². The molecule has 0 rings (SSSR count). The van der Waals surface area contributed by atoms with Gasteiger partial charge in [0.2, 0.25) is 0 Å². The van der Waals surface area contributed by atoms with E-state index in [1.807, 2.05) is 0 Å². The summed E-state index contributed by atoms with van der Waals surface area (Å²) in [5.74, 6) is -0.370. The van der Waals surface area contributed by atoms with Crippen LogP contribution in [0.5, 0.6) is 0 Å². The van der Waals surface area contributed by atoms with E-state index in [1.165, 1.54) is 7.11 Å². The van der Waals surface area contributed by atoms with E-state index < -0.39 is 11.1 Å². The Kier molecular flexibility index (Phi) is 4.51. The van der Waals surface area contributed by atoms with Gasteiger partial charge >= 0.3 is 0 Å². The monoisotopic (exact) mass is 205 g/mol. The highest BCUT2D eigenvalue weighted by Crippen LogP contribution is 2.10. The fourth-order valence-electron chi connectivity index (χ4n) is 0.646. The smallest absolute Gasteiger partial charge is 0.252 e. The number of aliphatic hydroxyl groups excluding tert-OH is 2. The van der Waals surface area contributed by atoms with Crippen LogP contribution in [0.15, 0.2) is 0 Å². The Balaban J connectivity index is 4.45. The van der Waals surface area contributed by atoms with Crippen LogP contribution < -0.4 is 5.32 Å². The van der Waals surface area contributed by atoms with Gasteiger partial charge in [0.25, 0.3) is 5.91 Å². The molecular formula is C9H19NO4. The molecule has 0 aromatic carbocycles. The molecule has 0 fully saturated rings. The van der Waals surface area contributed by atoms with Gasteiger partial charge in [0.05, 0.1) is 18.8 Å². The van der Waals surface area contributed by atoms with Gasteiger partial charge in [-0.1, -0.05) is 0 Å². The van der Waals surface area contributed by atoms with Crippen LogP contribution in [0, 0.1) is 0 Å². The first-order chi connectivity index (χ1) is 6.31. The zero-order chi connectivity index (χ0) is 11.4. The highest BCUT2D eigenvalue weighted by atomic mass is 16.5. The first-order valence-corrected chi connectivity index (χ1v) is 4.41. The zero-order valence-electron chi connectivity index (χ0n) is 9.13. The molecule has 0 aliphatic carbocycles. The minimum absolute atomic E-state index is 0.324. The molecule has 5 nitrogen and oxygen atoms in total. The van der Waals surface area contributed by atoms with Crippen molar-refractivity contribution in [2.45, 2.75) is 31.9 Å². The lowest BCUT2D eigenvalue weighted by atomic mass is 10.0. The van der Waals surface area contributed by atoms with Gasteiger partial charge in [0.15, 0.2) is 0 Å². The van der Waals surface area contributed by atoms with Gasteiger partial charge in [0, 0.05) is 7.11 Å². The number of hydrogen-bond donors (Lipinski definition) is 3. The maximum absolute atomic E-state index is 11.6. The van der Waals surface area contributed by atoms with Crippen molar-refractivity contribution in [3.8, 4) is 0 Å². The fraction of sp³-hybridized carbons (Fsp3) is 0.889. The summed E-state index contributed by atoms with van der Waals surface area (Å²) < 4.78 is 4.96. The maximum Gasteiger partial charge on any atom is 0.252 e. The second-order valence-electron chi connectivity index (χ2n) is 4.05. The van der Waals surface area contributed by atoms with Gasteiger partial charge in [-0.2, -0.15) is 0 Å². The second kappa shape index (κ2) is 4.72. The number of methoxy groups -OCH3 is 1. The molecule has 0 atom stereocenters. The SMILES string of the molecule is COC(C)(C)C(=O)NC(C)(CO)CO. The molecule has 0 aliphatic rings. The van der Waals surface area contributed by atoms with E-state index in [9.17, 15) is 4.79 Å². The molecule has 0 unspecified atom stereocenters. The van der Waals surface area contributed by atoms with Crippen molar-refractivity contribution < 1.29 is 19.7 Å². The maximum atomic E-state index is 11.6. The number of carbonyl (C=O) groups excluding carboxylic acids is 1. The number of nitrogens with one attached hydrogen (secondary N) is 1. The average Bonchev–Trinajstić information content (AvgIpc) is 2.17. The normalized spacial score (nSPS) is 12.7. The second-order valence-corrected chi connectivity index (χ2v) is 4.05. The van der Waals surface area contributed by atoms with Crippen molar-refractivity contribution in [1.82, 2.24) is 5.32 Å². The van der Waals surface area contributed by atoms with Crippen molar-refractivity contribution in [2.75, 3.05) is 20.3 Å². The largest absolute Gasteiger partial charge is 0.394 e. The molecule has 0 bridgehead atoms. The van der Waals surface area contributed by atoms with Gasteiger partial charge in [-0.05, 0) is 20.8 Å². The molecule has 5 heteroatoms. The molecular weight excluding hydrogens is 186 g/mol. The lowest BCUT2D eigenvalue weighted by Crippen LogP contribution is -2.57. The highest BCUT2D eigenvalue weighted by Gasteiger charge is 2.33. The topological polar surface area (TPSA) is 78.8 Å². The Morgan fingerprint density at radius 1 is 1.29 bits per heavy atom. The van der Waals surface area contributed by atoms with Gasteiger partial charge in [0.1, 0.15) is 5.60 Å². The summed E-state index contributed by atoms with van der Waals surface area (Å²) in [6.45, 7) is 4.12. The summed E-state index contributed by atoms with van der Waals surface area (Å²) in [4.78, 5) is 11.6. The number of hydrogen-bond acceptors (Lipinski definition) is 4. The molecule has 1 amide bonds. The van der Waals surface area contributed by atoms with Crippen molar-refractivity contribution in [3.63, 3.8) is 0 Å². The van der Waals surface area contributed by atoms with Crippen molar-refractivity contribution in [1.29, 1.82) is 0 Å². The van der Waals surface area contributed by atoms with Crippen LogP contribution in [0.4, 0.5) is 0 Å². The van der Waals surface area contributed by atoms with Crippen LogP contribution >= 0.6 is 0 Å². The Morgan fingerprint density at radius 2 is 1.71 bits per heavy atom. The summed E-state index contributed by atoms with van der Waals surface area (Å²) in [6, 6.07) is 0. The minimum atomic E-state index is -1.01. The van der Waals surface area contributed by atoms with Crippen LogP contribution in [0.2, 0.25) is 0 Å².